The molecule has 11 heavy (non-hydrogen) atoms. The molecule has 0 aliphatic carbocycles. The van der Waals surface area contributed by atoms with Crippen LogP contribution in [-0.4, -0.2) is 10.2 Å². The summed E-state index contributed by atoms with van der Waals surface area (Å²) in [7, 11) is 0. The molecule has 0 saturated carbocycles. The number of anilines is 1. The molecule has 0 bridgehead atoms. The highest BCUT2D eigenvalue weighted by atomic mass is 35.5. The van der Waals surface area contributed by atoms with Gasteiger partial charge in [0.25, 0.3) is 0 Å². The second-order valence-electron chi connectivity index (χ2n) is 2.30. The topological polar surface area (TPSA) is 54.7 Å². The lowest BCUT2D eigenvalue weighted by molar-refractivity contribution is 1.12. The molecule has 0 unspecified atom stereocenters. The first-order valence-corrected chi connectivity index (χ1v) is 3.54. The quantitative estimate of drug-likeness (QED) is 0.588. The number of benzene rings is 1. The molecule has 0 radical (unpaired) electrons. The van der Waals surface area contributed by atoms with Crippen LogP contribution in [0.15, 0.2) is 18.3 Å². The normalized spacial score (nSPS) is 10.6. The predicted molar refractivity (Wildman–Crippen MR) is 45.5 cm³/mol. The Morgan fingerprint density at radius 1 is 1.45 bits per heavy atom. The van der Waals surface area contributed by atoms with Crippen LogP contribution >= 0.6 is 11.6 Å². The number of nitrogens with two attached hydrogens (primary N) is 1. The van der Waals surface area contributed by atoms with Crippen LogP contribution < -0.4 is 5.73 Å². The molecule has 1 aromatic heterocycles. The first kappa shape index (κ1) is 6.49. The van der Waals surface area contributed by atoms with E-state index in [-0.39, 0.29) is 0 Å². The number of nitrogens with one attached hydrogen (secondary N) is 1. The molecule has 0 amide bonds. The third kappa shape index (κ3) is 0.851. The maximum atomic E-state index is 5.87. The van der Waals surface area contributed by atoms with Gasteiger partial charge in [-0.05, 0) is 12.1 Å². The summed E-state index contributed by atoms with van der Waals surface area (Å²) in [6.45, 7) is 0. The van der Waals surface area contributed by atoms with Gasteiger partial charge in [0, 0.05) is 5.39 Å². The third-order valence-corrected chi connectivity index (χ3v) is 1.99. The molecular formula is C7H6ClN3. The molecule has 0 aliphatic rings. The monoisotopic (exact) mass is 167 g/mol. The van der Waals surface area contributed by atoms with Gasteiger partial charge in [-0.15, -0.1) is 0 Å². The zero-order valence-corrected chi connectivity index (χ0v) is 6.39. The highest BCUT2D eigenvalue weighted by Crippen LogP contribution is 2.26. The molecule has 0 spiro atoms. The van der Waals surface area contributed by atoms with Crippen molar-refractivity contribution < 1.29 is 0 Å². The van der Waals surface area contributed by atoms with E-state index in [1.165, 1.54) is 0 Å². The SMILES string of the molecule is Nc1ccc2cn[nH]c2c1Cl. The van der Waals surface area contributed by atoms with Crippen LogP contribution in [-0.2, 0) is 0 Å². The van der Waals surface area contributed by atoms with Gasteiger partial charge in [0.15, 0.2) is 0 Å². The standard InChI is InChI=1S/C7H6ClN3/c8-6-5(9)2-1-4-3-10-11-7(4)6/h1-3H,9H2,(H,10,11). The van der Waals surface area contributed by atoms with Crippen molar-refractivity contribution in [2.75, 3.05) is 5.73 Å². The Hall–Kier alpha value is -1.22. The molecule has 0 aliphatic heterocycles. The molecule has 0 fully saturated rings. The van der Waals surface area contributed by atoms with Gasteiger partial charge in [0.2, 0.25) is 0 Å². The fourth-order valence-corrected chi connectivity index (χ4v) is 1.21. The molecule has 4 heteroatoms. The minimum Gasteiger partial charge on any atom is -0.397 e. The molecule has 56 valence electrons. The van der Waals surface area contributed by atoms with Gasteiger partial charge in [-0.25, -0.2) is 0 Å². The van der Waals surface area contributed by atoms with Crippen LogP contribution in [0.5, 0.6) is 0 Å². The fraction of sp³-hybridized carbons (Fsp3) is 0. The van der Waals surface area contributed by atoms with E-state index in [1.54, 1.807) is 12.3 Å². The van der Waals surface area contributed by atoms with Crippen LogP contribution in [0.25, 0.3) is 10.9 Å². The average molecular weight is 168 g/mol. The zero-order chi connectivity index (χ0) is 7.84. The van der Waals surface area contributed by atoms with Gasteiger partial charge >= 0.3 is 0 Å². The van der Waals surface area contributed by atoms with E-state index in [0.29, 0.717) is 10.7 Å². The Labute approximate surface area is 68.2 Å². The minimum absolute atomic E-state index is 0.542. The Kier molecular flexibility index (Phi) is 1.26. The Morgan fingerprint density at radius 3 is 3.09 bits per heavy atom. The van der Waals surface area contributed by atoms with Gasteiger partial charge in [-0.2, -0.15) is 5.10 Å². The highest BCUT2D eigenvalue weighted by Gasteiger charge is 2.02. The number of aromatic nitrogens is 2. The lowest BCUT2D eigenvalue weighted by atomic mass is 10.2. The van der Waals surface area contributed by atoms with Crippen molar-refractivity contribution in [3.63, 3.8) is 0 Å². The first-order chi connectivity index (χ1) is 5.29. The van der Waals surface area contributed by atoms with Crippen molar-refractivity contribution in [3.05, 3.63) is 23.4 Å². The number of hydrogen-bond acceptors (Lipinski definition) is 2. The maximum absolute atomic E-state index is 5.87. The van der Waals surface area contributed by atoms with Gasteiger partial charge in [-0.3, -0.25) is 5.10 Å². The van der Waals surface area contributed by atoms with Crippen LogP contribution in [0, 0.1) is 0 Å². The molecular weight excluding hydrogens is 162 g/mol. The maximum Gasteiger partial charge on any atom is 0.0892 e. The van der Waals surface area contributed by atoms with Crippen molar-refractivity contribution >= 4 is 28.2 Å². The van der Waals surface area contributed by atoms with Gasteiger partial charge in [0.05, 0.1) is 22.4 Å². The van der Waals surface area contributed by atoms with Crippen LogP contribution in [0.3, 0.4) is 0 Å². The molecule has 2 rings (SSSR count). The van der Waals surface area contributed by atoms with E-state index in [4.69, 9.17) is 17.3 Å². The van der Waals surface area contributed by atoms with Gasteiger partial charge < -0.3 is 5.73 Å². The number of H-pyrrole nitrogens is 1. The molecule has 3 nitrogen and oxygen atoms in total. The average Bonchev–Trinajstić information content (AvgIpc) is 2.45. The summed E-state index contributed by atoms with van der Waals surface area (Å²) >= 11 is 5.87. The summed E-state index contributed by atoms with van der Waals surface area (Å²) in [5.41, 5.74) is 6.94. The Morgan fingerprint density at radius 2 is 2.27 bits per heavy atom. The largest absolute Gasteiger partial charge is 0.397 e. The van der Waals surface area contributed by atoms with E-state index in [1.807, 2.05) is 6.07 Å². The number of nitrogen functional groups attached to an aromatic ring is 1. The second kappa shape index (κ2) is 2.13. The van der Waals surface area contributed by atoms with Crippen LogP contribution in [0.2, 0.25) is 5.02 Å². The lowest BCUT2D eigenvalue weighted by Crippen LogP contribution is -1.85. The van der Waals surface area contributed by atoms with E-state index in [9.17, 15) is 0 Å². The summed E-state index contributed by atoms with van der Waals surface area (Å²) in [6, 6.07) is 3.64. The summed E-state index contributed by atoms with van der Waals surface area (Å²) in [6.07, 6.45) is 1.71. The molecule has 0 saturated heterocycles. The Balaban J connectivity index is 2.93. The summed E-state index contributed by atoms with van der Waals surface area (Å²) in [5, 5.41) is 8.12. The predicted octanol–water partition coefficient (Wildman–Crippen LogP) is 1.80. The molecule has 1 aromatic carbocycles. The second-order valence-corrected chi connectivity index (χ2v) is 2.68. The summed E-state index contributed by atoms with van der Waals surface area (Å²) in [5.74, 6) is 0. The highest BCUT2D eigenvalue weighted by molar-refractivity contribution is 6.37. The molecule has 1 heterocycles. The van der Waals surface area contributed by atoms with Crippen LogP contribution in [0.4, 0.5) is 5.69 Å². The molecule has 3 N–H and O–H groups in total. The van der Waals surface area contributed by atoms with Gasteiger partial charge in [0.1, 0.15) is 0 Å². The number of nitrogens with zero attached hydrogens (tertiary/aromatic N) is 1. The number of rotatable bonds is 0. The van der Waals surface area contributed by atoms with Crippen molar-refractivity contribution in [2.45, 2.75) is 0 Å². The number of halogens is 1. The van der Waals surface area contributed by atoms with E-state index >= 15 is 0 Å². The first-order valence-electron chi connectivity index (χ1n) is 3.16. The van der Waals surface area contributed by atoms with Crippen molar-refractivity contribution in [2.24, 2.45) is 0 Å². The Bertz CT molecular complexity index is 393. The van der Waals surface area contributed by atoms with Gasteiger partial charge in [-0.1, -0.05) is 11.6 Å². The van der Waals surface area contributed by atoms with Crippen molar-refractivity contribution in [1.82, 2.24) is 10.2 Å². The van der Waals surface area contributed by atoms with E-state index < -0.39 is 0 Å². The zero-order valence-electron chi connectivity index (χ0n) is 5.63. The minimum atomic E-state index is 0.542. The van der Waals surface area contributed by atoms with Crippen LogP contribution in [0.1, 0.15) is 0 Å². The smallest absolute Gasteiger partial charge is 0.0892 e. The number of fused-ring (bicyclic) bond motifs is 1. The van der Waals surface area contributed by atoms with Crippen molar-refractivity contribution in [3.8, 4) is 0 Å². The molecule has 0 atom stereocenters. The van der Waals surface area contributed by atoms with E-state index in [2.05, 4.69) is 10.2 Å². The van der Waals surface area contributed by atoms with Crippen molar-refractivity contribution in [1.29, 1.82) is 0 Å². The van der Waals surface area contributed by atoms with E-state index in [0.717, 1.165) is 10.9 Å². The number of hydrogen-bond donors (Lipinski definition) is 2. The molecule has 2 aromatic rings. The summed E-state index contributed by atoms with van der Waals surface area (Å²) in [4.78, 5) is 0. The fourth-order valence-electron chi connectivity index (χ4n) is 0.995. The lowest BCUT2D eigenvalue weighted by Gasteiger charge is -1.96. The third-order valence-electron chi connectivity index (χ3n) is 1.58. The summed E-state index contributed by atoms with van der Waals surface area (Å²) < 4.78 is 0. The number of aromatic amines is 1.